The fraction of sp³-hybridized carbons (Fsp3) is 0.364. The smallest absolute Gasteiger partial charge is 0.203 e. The molecule has 0 saturated carbocycles. The summed E-state index contributed by atoms with van der Waals surface area (Å²) in [4.78, 5) is 4.64. The average Bonchev–Trinajstić information content (AvgIpc) is 2.61. The quantitative estimate of drug-likeness (QED) is 0.436. The third-order valence-corrected chi connectivity index (χ3v) is 7.23. The minimum atomic E-state index is 0.338. The van der Waals surface area contributed by atoms with Crippen LogP contribution in [0, 0.1) is 0 Å². The molecule has 0 amide bonds. The van der Waals surface area contributed by atoms with Gasteiger partial charge in [-0.2, -0.15) is 0 Å². The number of hydrogen-bond donors (Lipinski definition) is 1. The lowest BCUT2D eigenvalue weighted by molar-refractivity contribution is 0.842. The number of imidazole rings is 1. The van der Waals surface area contributed by atoms with Crippen molar-refractivity contribution in [2.75, 3.05) is 5.32 Å². The number of hydrogen-bond acceptors (Lipinski definition) is 2. The average molecular weight is 505 g/mol. The molecule has 18 heavy (non-hydrogen) atoms. The van der Waals surface area contributed by atoms with Gasteiger partial charge in [-0.1, -0.05) is 0 Å². The number of aromatic nitrogens is 2. The van der Waals surface area contributed by atoms with E-state index in [-0.39, 0.29) is 0 Å². The fourth-order valence-corrected chi connectivity index (χ4v) is 4.12. The number of anilines is 1. The standard InChI is InChI=1S/C11H11Br4N3/c1-4(2)16-11-17-9-7(14)5(12)6(13)8(15)10(9)18(11)3/h4H,1-3H3,(H,16,17). The Morgan fingerprint density at radius 2 is 1.56 bits per heavy atom. The van der Waals surface area contributed by atoms with E-state index in [9.17, 15) is 0 Å². The van der Waals surface area contributed by atoms with E-state index in [1.54, 1.807) is 0 Å². The molecule has 0 radical (unpaired) electrons. The number of rotatable bonds is 2. The van der Waals surface area contributed by atoms with Gasteiger partial charge in [-0.15, -0.1) is 0 Å². The normalized spacial score (nSPS) is 11.6. The molecule has 1 N–H and O–H groups in total. The summed E-state index contributed by atoms with van der Waals surface area (Å²) in [6.45, 7) is 4.19. The Kier molecular flexibility index (Phi) is 4.46. The van der Waals surface area contributed by atoms with Crippen LogP contribution < -0.4 is 5.32 Å². The number of nitrogens with zero attached hydrogens (tertiary/aromatic N) is 2. The predicted molar refractivity (Wildman–Crippen MR) is 90.3 cm³/mol. The molecule has 0 aliphatic carbocycles. The molecule has 0 saturated heterocycles. The molecule has 0 aliphatic heterocycles. The third kappa shape index (κ3) is 2.39. The van der Waals surface area contributed by atoms with Gasteiger partial charge in [0.2, 0.25) is 5.95 Å². The van der Waals surface area contributed by atoms with Crippen LogP contribution in [0.2, 0.25) is 0 Å². The Morgan fingerprint density at radius 3 is 2.11 bits per heavy atom. The molecule has 1 aromatic carbocycles. The summed E-state index contributed by atoms with van der Waals surface area (Å²) < 4.78 is 5.90. The highest BCUT2D eigenvalue weighted by molar-refractivity contribution is 9.15. The topological polar surface area (TPSA) is 29.9 Å². The van der Waals surface area contributed by atoms with E-state index in [1.807, 2.05) is 11.6 Å². The zero-order chi connectivity index (χ0) is 13.6. The van der Waals surface area contributed by atoms with Gasteiger partial charge < -0.3 is 9.88 Å². The van der Waals surface area contributed by atoms with Gasteiger partial charge in [0.25, 0.3) is 0 Å². The Balaban J connectivity index is 2.80. The van der Waals surface area contributed by atoms with Gasteiger partial charge in [0.05, 0.1) is 14.5 Å². The lowest BCUT2D eigenvalue weighted by Crippen LogP contribution is -2.13. The maximum absolute atomic E-state index is 4.64. The summed E-state index contributed by atoms with van der Waals surface area (Å²) in [6, 6.07) is 0.338. The van der Waals surface area contributed by atoms with Crippen LogP contribution in [0.25, 0.3) is 11.0 Å². The van der Waals surface area contributed by atoms with Crippen molar-refractivity contribution in [3.63, 3.8) is 0 Å². The lowest BCUT2D eigenvalue weighted by atomic mass is 10.3. The SMILES string of the molecule is CC(C)Nc1nc2c(Br)c(Br)c(Br)c(Br)c2n1C. The van der Waals surface area contributed by atoms with Crippen LogP contribution in [0.5, 0.6) is 0 Å². The minimum Gasteiger partial charge on any atom is -0.353 e. The van der Waals surface area contributed by atoms with Gasteiger partial charge in [-0.25, -0.2) is 4.98 Å². The van der Waals surface area contributed by atoms with E-state index in [2.05, 4.69) is 87.9 Å². The van der Waals surface area contributed by atoms with Crippen molar-refractivity contribution < 1.29 is 0 Å². The maximum atomic E-state index is 4.64. The van der Waals surface area contributed by atoms with Crippen molar-refractivity contribution in [2.45, 2.75) is 19.9 Å². The first-order chi connectivity index (χ1) is 8.34. The number of aryl methyl sites for hydroxylation is 1. The lowest BCUT2D eigenvalue weighted by Gasteiger charge is -2.09. The molecule has 1 heterocycles. The van der Waals surface area contributed by atoms with Crippen LogP contribution in [-0.4, -0.2) is 15.6 Å². The molecular formula is C11H11Br4N3. The summed E-state index contributed by atoms with van der Waals surface area (Å²) in [5.41, 5.74) is 1.96. The highest BCUT2D eigenvalue weighted by atomic mass is 79.9. The highest BCUT2D eigenvalue weighted by Crippen LogP contribution is 2.43. The largest absolute Gasteiger partial charge is 0.353 e. The number of halogens is 4. The first kappa shape index (κ1) is 14.8. The molecule has 98 valence electrons. The zero-order valence-corrected chi connectivity index (χ0v) is 16.3. The van der Waals surface area contributed by atoms with Gasteiger partial charge in [0.1, 0.15) is 5.52 Å². The summed E-state index contributed by atoms with van der Waals surface area (Å²) in [6.07, 6.45) is 0. The van der Waals surface area contributed by atoms with E-state index in [0.717, 1.165) is 34.9 Å². The molecule has 1 aromatic heterocycles. The molecule has 0 unspecified atom stereocenters. The minimum absolute atomic E-state index is 0.338. The molecule has 7 heteroatoms. The summed E-state index contributed by atoms with van der Waals surface area (Å²) in [5.74, 6) is 0.853. The maximum Gasteiger partial charge on any atom is 0.203 e. The van der Waals surface area contributed by atoms with E-state index in [1.165, 1.54) is 0 Å². The van der Waals surface area contributed by atoms with Crippen molar-refractivity contribution in [3.8, 4) is 0 Å². The Labute approximate surface area is 139 Å². The van der Waals surface area contributed by atoms with Gasteiger partial charge in [0, 0.05) is 22.0 Å². The third-order valence-electron chi connectivity index (χ3n) is 2.51. The molecule has 2 rings (SSSR count). The van der Waals surface area contributed by atoms with Gasteiger partial charge >= 0.3 is 0 Å². The highest BCUT2D eigenvalue weighted by Gasteiger charge is 2.19. The second kappa shape index (κ2) is 5.42. The molecule has 3 nitrogen and oxygen atoms in total. The first-order valence-electron chi connectivity index (χ1n) is 5.29. The van der Waals surface area contributed by atoms with Crippen LogP contribution in [0.3, 0.4) is 0 Å². The van der Waals surface area contributed by atoms with Crippen molar-refractivity contribution in [1.82, 2.24) is 9.55 Å². The molecule has 0 atom stereocenters. The molecule has 0 fully saturated rings. The second-order valence-electron chi connectivity index (χ2n) is 4.25. The second-order valence-corrected chi connectivity index (χ2v) is 7.42. The number of nitrogens with one attached hydrogen (secondary N) is 1. The predicted octanol–water partition coefficient (Wildman–Crippen LogP) is 5.44. The molecular weight excluding hydrogens is 494 g/mol. The summed E-state index contributed by atoms with van der Waals surface area (Å²) in [5, 5.41) is 3.34. The van der Waals surface area contributed by atoms with E-state index in [0.29, 0.717) is 6.04 Å². The zero-order valence-electron chi connectivity index (χ0n) is 9.98. The van der Waals surface area contributed by atoms with Crippen molar-refractivity contribution in [3.05, 3.63) is 17.9 Å². The van der Waals surface area contributed by atoms with Crippen molar-refractivity contribution >= 4 is 80.7 Å². The summed E-state index contributed by atoms with van der Waals surface area (Å²) >= 11 is 14.3. The van der Waals surface area contributed by atoms with Crippen LogP contribution in [0.1, 0.15) is 13.8 Å². The van der Waals surface area contributed by atoms with E-state index >= 15 is 0 Å². The van der Waals surface area contributed by atoms with Crippen LogP contribution in [-0.2, 0) is 7.05 Å². The van der Waals surface area contributed by atoms with Crippen LogP contribution in [0.4, 0.5) is 5.95 Å². The van der Waals surface area contributed by atoms with Crippen molar-refractivity contribution in [2.24, 2.45) is 7.05 Å². The van der Waals surface area contributed by atoms with Gasteiger partial charge in [-0.05, 0) is 77.6 Å². The van der Waals surface area contributed by atoms with Gasteiger partial charge in [0.15, 0.2) is 0 Å². The van der Waals surface area contributed by atoms with E-state index < -0.39 is 0 Å². The van der Waals surface area contributed by atoms with Crippen molar-refractivity contribution in [1.29, 1.82) is 0 Å². The number of fused-ring (bicyclic) bond motifs is 1. The first-order valence-corrected chi connectivity index (χ1v) is 8.46. The van der Waals surface area contributed by atoms with Gasteiger partial charge in [-0.3, -0.25) is 0 Å². The van der Waals surface area contributed by atoms with Crippen LogP contribution in [0.15, 0.2) is 17.9 Å². The fourth-order valence-electron chi connectivity index (χ4n) is 1.69. The molecule has 2 aromatic rings. The molecule has 0 bridgehead atoms. The van der Waals surface area contributed by atoms with E-state index in [4.69, 9.17) is 0 Å². The number of benzene rings is 1. The Morgan fingerprint density at radius 1 is 1.00 bits per heavy atom. The Hall–Kier alpha value is 0.410. The molecule has 0 aliphatic rings. The monoisotopic (exact) mass is 501 g/mol. The van der Waals surface area contributed by atoms with Crippen LogP contribution >= 0.6 is 63.7 Å². The molecule has 0 spiro atoms. The Bertz CT molecular complexity index is 619. The summed E-state index contributed by atoms with van der Waals surface area (Å²) in [7, 11) is 2.00.